The molecule has 0 aromatic carbocycles. The lowest BCUT2D eigenvalue weighted by atomic mass is 9.91. The van der Waals surface area contributed by atoms with E-state index >= 15 is 0 Å². The highest BCUT2D eigenvalue weighted by atomic mass is 16.6. The van der Waals surface area contributed by atoms with E-state index in [4.69, 9.17) is 19.0 Å². The van der Waals surface area contributed by atoms with Gasteiger partial charge in [-0.05, 0) is 45.7 Å². The quantitative estimate of drug-likeness (QED) is 0.0796. The van der Waals surface area contributed by atoms with Crippen molar-refractivity contribution in [3.05, 3.63) is 42.4 Å². The van der Waals surface area contributed by atoms with Crippen molar-refractivity contribution in [1.29, 1.82) is 0 Å². The molecule has 3 atom stereocenters. The van der Waals surface area contributed by atoms with Crippen molar-refractivity contribution >= 4 is 29.1 Å². The molecule has 248 valence electrons. The van der Waals surface area contributed by atoms with Crippen molar-refractivity contribution in [3.63, 3.8) is 0 Å². The Hall–Kier alpha value is -3.81. The van der Waals surface area contributed by atoms with Crippen LogP contribution >= 0.6 is 0 Å². The molecule has 0 radical (unpaired) electrons. The van der Waals surface area contributed by atoms with E-state index in [-0.39, 0.29) is 69.1 Å². The topological polar surface area (TPSA) is 164 Å². The van der Waals surface area contributed by atoms with Gasteiger partial charge in [-0.25, -0.2) is 14.7 Å². The van der Waals surface area contributed by atoms with Crippen LogP contribution in [0, 0.1) is 17.8 Å². The maximum Gasteiger partial charge on any atom is 0.316 e. The van der Waals surface area contributed by atoms with Crippen LogP contribution in [0.3, 0.4) is 0 Å². The van der Waals surface area contributed by atoms with Crippen molar-refractivity contribution in [2.75, 3.05) is 26.4 Å². The number of aliphatic hydroxyl groups is 1. The summed E-state index contributed by atoms with van der Waals surface area (Å²) in [4.78, 5) is 50.5. The number of carbonyl (C=O) groups is 3. The van der Waals surface area contributed by atoms with Crippen molar-refractivity contribution in [1.82, 2.24) is 14.8 Å². The molecule has 3 unspecified atom stereocenters. The zero-order valence-electron chi connectivity index (χ0n) is 27.6. The molecule has 0 fully saturated rings. The predicted molar refractivity (Wildman–Crippen MR) is 168 cm³/mol. The lowest BCUT2D eigenvalue weighted by Crippen LogP contribution is -2.32. The molecule has 1 amide bonds. The molecule has 0 aliphatic carbocycles. The number of carbonyl (C=O) groups excluding carboxylic acids is 3. The van der Waals surface area contributed by atoms with Gasteiger partial charge in [0.15, 0.2) is 5.82 Å². The number of amides is 1. The van der Waals surface area contributed by atoms with Crippen molar-refractivity contribution in [2.45, 2.75) is 80.1 Å². The minimum atomic E-state index is -1.19. The maximum atomic E-state index is 12.5. The van der Waals surface area contributed by atoms with E-state index in [0.717, 1.165) is 11.3 Å². The van der Waals surface area contributed by atoms with Crippen LogP contribution in [0.15, 0.2) is 46.9 Å². The number of rotatable bonds is 19. The predicted octanol–water partition coefficient (Wildman–Crippen LogP) is 3.75. The van der Waals surface area contributed by atoms with Gasteiger partial charge in [-0.3, -0.25) is 14.4 Å². The number of hydrogen-bond donors (Lipinski definition) is 1. The van der Waals surface area contributed by atoms with Crippen molar-refractivity contribution in [3.8, 4) is 5.82 Å². The lowest BCUT2D eigenvalue weighted by Gasteiger charge is -2.24. The first-order valence-corrected chi connectivity index (χ1v) is 15.0. The lowest BCUT2D eigenvalue weighted by molar-refractivity contribution is -0.156. The summed E-state index contributed by atoms with van der Waals surface area (Å²) in [5.74, 6) is -1.69. The van der Waals surface area contributed by atoms with Gasteiger partial charge < -0.3 is 24.2 Å². The zero-order chi connectivity index (χ0) is 33.6. The largest absolute Gasteiger partial charge is 0.462 e. The molecule has 45 heavy (non-hydrogen) atoms. The minimum absolute atomic E-state index is 0.0149. The zero-order valence-corrected chi connectivity index (χ0v) is 27.6. The first kappa shape index (κ1) is 37.4. The molecule has 0 spiro atoms. The highest BCUT2D eigenvalue weighted by Gasteiger charge is 2.25. The SMILES string of the molecule is CC(=O)N=C(C(C)C)C(C)C(C)OC/C(COCCC(=O)C(C)C(=O)OCC(C)(C)O)=N\OCc1ccc(-n2cccn2)nc1. The van der Waals surface area contributed by atoms with E-state index in [1.165, 1.54) is 27.7 Å². The van der Waals surface area contributed by atoms with E-state index in [1.54, 1.807) is 23.3 Å². The third-order valence-corrected chi connectivity index (χ3v) is 6.70. The number of oxime groups is 1. The van der Waals surface area contributed by atoms with Crippen LogP contribution in [0.2, 0.25) is 0 Å². The van der Waals surface area contributed by atoms with Gasteiger partial charge in [-0.15, -0.1) is 0 Å². The molecule has 2 rings (SSSR count). The summed E-state index contributed by atoms with van der Waals surface area (Å²) in [6.07, 6.45) is 4.82. The van der Waals surface area contributed by atoms with Crippen LogP contribution in [0.4, 0.5) is 0 Å². The van der Waals surface area contributed by atoms with Crippen molar-refractivity contribution in [2.24, 2.45) is 27.9 Å². The average Bonchev–Trinajstić information content (AvgIpc) is 3.53. The number of aromatic nitrogens is 3. The van der Waals surface area contributed by atoms with Gasteiger partial charge in [0.2, 0.25) is 5.91 Å². The van der Waals surface area contributed by atoms with E-state index in [1.807, 2.05) is 45.9 Å². The van der Waals surface area contributed by atoms with Crippen LogP contribution in [-0.2, 0) is 40.0 Å². The Morgan fingerprint density at radius 3 is 2.40 bits per heavy atom. The fourth-order valence-electron chi connectivity index (χ4n) is 3.97. The Morgan fingerprint density at radius 1 is 1.09 bits per heavy atom. The summed E-state index contributed by atoms with van der Waals surface area (Å²) in [7, 11) is 0. The fraction of sp³-hybridized carbons (Fsp3) is 0.594. The molecule has 0 aliphatic rings. The molecule has 2 aromatic rings. The van der Waals surface area contributed by atoms with Gasteiger partial charge in [-0.2, -0.15) is 5.10 Å². The Bertz CT molecular complexity index is 1280. The fourth-order valence-corrected chi connectivity index (χ4v) is 3.97. The standard InChI is InChI=1S/C32H47N5O8/c1-21(2)30(35-25(6)38)22(3)24(5)43-19-27(18-42-15-12-28(39)23(4)31(40)44-20-32(7,8)41)36-45-17-26-10-11-29(33-16-26)37-14-9-13-34-37/h9-11,13-14,16,21-24,41H,12,15,17-20H2,1-8H3/b35-30?,36-27-. The summed E-state index contributed by atoms with van der Waals surface area (Å²) in [5.41, 5.74) is 0.791. The molecule has 0 bridgehead atoms. The number of ketones is 1. The van der Waals surface area contributed by atoms with Gasteiger partial charge in [0.25, 0.3) is 0 Å². The molecule has 0 aliphatic heterocycles. The van der Waals surface area contributed by atoms with E-state index < -0.39 is 17.5 Å². The number of ether oxygens (including phenoxy) is 3. The Kier molecular flexibility index (Phi) is 15.1. The maximum absolute atomic E-state index is 12.5. The number of hydrogen-bond acceptors (Lipinski definition) is 11. The Morgan fingerprint density at radius 2 is 1.82 bits per heavy atom. The van der Waals surface area contributed by atoms with Crippen LogP contribution in [0.1, 0.15) is 67.4 Å². The van der Waals surface area contributed by atoms with E-state index in [2.05, 4.69) is 20.2 Å². The molecule has 13 heteroatoms. The first-order valence-electron chi connectivity index (χ1n) is 15.0. The van der Waals surface area contributed by atoms with E-state index in [0.29, 0.717) is 11.5 Å². The van der Waals surface area contributed by atoms with Crippen LogP contribution in [-0.4, -0.2) is 87.1 Å². The molecule has 2 heterocycles. The van der Waals surface area contributed by atoms with Gasteiger partial charge in [0.1, 0.15) is 30.6 Å². The first-order chi connectivity index (χ1) is 21.2. The highest BCUT2D eigenvalue weighted by Crippen LogP contribution is 2.16. The van der Waals surface area contributed by atoms with Crippen molar-refractivity contribution < 1.29 is 38.5 Å². The smallest absolute Gasteiger partial charge is 0.316 e. The summed E-state index contributed by atoms with van der Waals surface area (Å²) < 4.78 is 18.5. The van der Waals surface area contributed by atoms with Crippen LogP contribution in [0.25, 0.3) is 5.82 Å². The summed E-state index contributed by atoms with van der Waals surface area (Å²) >= 11 is 0. The number of nitrogens with zero attached hydrogens (tertiary/aromatic N) is 5. The highest BCUT2D eigenvalue weighted by molar-refractivity contribution is 5.98. The van der Waals surface area contributed by atoms with E-state index in [9.17, 15) is 19.5 Å². The molecular weight excluding hydrogens is 582 g/mol. The van der Waals surface area contributed by atoms with Crippen LogP contribution in [0.5, 0.6) is 0 Å². The second-order valence-electron chi connectivity index (χ2n) is 11.8. The second kappa shape index (κ2) is 18.2. The third kappa shape index (κ3) is 13.8. The number of aliphatic imine (C=N–C) groups is 1. The van der Waals surface area contributed by atoms with Gasteiger partial charge >= 0.3 is 5.97 Å². The minimum Gasteiger partial charge on any atom is -0.462 e. The molecule has 2 aromatic heterocycles. The summed E-state index contributed by atoms with van der Waals surface area (Å²) in [6, 6.07) is 5.49. The average molecular weight is 630 g/mol. The molecule has 1 N–H and O–H groups in total. The van der Waals surface area contributed by atoms with Gasteiger partial charge in [-0.1, -0.05) is 32.0 Å². The number of pyridine rings is 1. The number of esters is 1. The molecule has 13 nitrogen and oxygen atoms in total. The monoisotopic (exact) mass is 629 g/mol. The molecule has 0 saturated carbocycles. The summed E-state index contributed by atoms with van der Waals surface area (Å²) in [5, 5.41) is 18.1. The summed E-state index contributed by atoms with van der Waals surface area (Å²) in [6.45, 7) is 13.8. The van der Waals surface area contributed by atoms with Gasteiger partial charge in [0, 0.05) is 49.1 Å². The third-order valence-electron chi connectivity index (χ3n) is 6.70. The second-order valence-corrected chi connectivity index (χ2v) is 11.8. The molecular formula is C32H47N5O8. The Balaban J connectivity index is 2.00. The van der Waals surface area contributed by atoms with Gasteiger partial charge in [0.05, 0.1) is 31.5 Å². The number of Topliss-reactive ketones (excluding diaryl/α,β-unsaturated/α-hetero) is 1. The Labute approximate surface area is 265 Å². The normalized spacial score (nSPS) is 14.6. The molecule has 0 saturated heterocycles. The van der Waals surface area contributed by atoms with Crippen LogP contribution < -0.4 is 0 Å².